The second-order valence-electron chi connectivity index (χ2n) is 3.20. The van der Waals surface area contributed by atoms with Crippen molar-refractivity contribution in [1.82, 2.24) is 10.3 Å². The molecule has 3 nitrogen and oxygen atoms in total. The second kappa shape index (κ2) is 4.96. The number of amides is 1. The minimum Gasteiger partial charge on any atom is -0.347 e. The van der Waals surface area contributed by atoms with E-state index in [1.165, 1.54) is 0 Å². The number of halogens is 1. The van der Waals surface area contributed by atoms with Gasteiger partial charge in [-0.3, -0.25) is 9.78 Å². The third-order valence-corrected chi connectivity index (χ3v) is 2.30. The maximum atomic E-state index is 11.6. The van der Waals surface area contributed by atoms with Crippen LogP contribution in [0.4, 0.5) is 0 Å². The smallest absolute Gasteiger partial charge is 0.270 e. The zero-order valence-electron chi connectivity index (χ0n) is 8.25. The minimum atomic E-state index is -0.170. The van der Waals surface area contributed by atoms with Crippen molar-refractivity contribution in [1.29, 1.82) is 0 Å². The lowest BCUT2D eigenvalue weighted by atomic mass is 10.2. The van der Waals surface area contributed by atoms with E-state index in [1.54, 1.807) is 12.3 Å². The number of hydrogen-bond acceptors (Lipinski definition) is 2. The third-order valence-electron chi connectivity index (χ3n) is 1.83. The van der Waals surface area contributed by atoms with Crippen LogP contribution >= 0.6 is 11.6 Å². The zero-order valence-corrected chi connectivity index (χ0v) is 9.01. The van der Waals surface area contributed by atoms with Gasteiger partial charge in [0.1, 0.15) is 5.69 Å². The third kappa shape index (κ3) is 2.70. The molecule has 0 fully saturated rings. The molecule has 1 heterocycles. The van der Waals surface area contributed by atoms with E-state index in [0.717, 1.165) is 5.56 Å². The fourth-order valence-corrected chi connectivity index (χ4v) is 1.13. The number of hydrogen-bond donors (Lipinski definition) is 1. The standard InChI is InChI=1S/C10H13ClN2O/c1-7-4-3-5-12-9(7)10(14)13-8(2)6-11/h3-5,8H,6H2,1-2H3,(H,13,14). The number of rotatable bonds is 3. The lowest BCUT2D eigenvalue weighted by Gasteiger charge is -2.10. The minimum absolute atomic E-state index is 0.0365. The maximum absolute atomic E-state index is 11.6. The molecule has 0 bridgehead atoms. The molecule has 0 spiro atoms. The fraction of sp³-hybridized carbons (Fsp3) is 0.400. The van der Waals surface area contributed by atoms with E-state index in [2.05, 4.69) is 10.3 Å². The molecule has 0 aliphatic carbocycles. The van der Waals surface area contributed by atoms with Crippen LogP contribution in [0.3, 0.4) is 0 Å². The molecule has 0 aliphatic heterocycles. The molecule has 4 heteroatoms. The summed E-state index contributed by atoms with van der Waals surface area (Å²) in [6.07, 6.45) is 1.60. The molecular weight excluding hydrogens is 200 g/mol. The molecule has 0 radical (unpaired) electrons. The van der Waals surface area contributed by atoms with Gasteiger partial charge in [-0.25, -0.2) is 0 Å². The van der Waals surface area contributed by atoms with Crippen molar-refractivity contribution < 1.29 is 4.79 Å². The molecular formula is C10H13ClN2O. The Balaban J connectivity index is 2.75. The summed E-state index contributed by atoms with van der Waals surface area (Å²) in [5.41, 5.74) is 1.33. The van der Waals surface area contributed by atoms with Crippen molar-refractivity contribution >= 4 is 17.5 Å². The Hall–Kier alpha value is -1.09. The summed E-state index contributed by atoms with van der Waals surface area (Å²) in [4.78, 5) is 15.6. The Labute approximate surface area is 88.5 Å². The molecule has 1 rings (SSSR count). The van der Waals surface area contributed by atoms with Gasteiger partial charge in [0.05, 0.1) is 0 Å². The van der Waals surface area contributed by atoms with Gasteiger partial charge in [-0.1, -0.05) is 6.07 Å². The average molecular weight is 213 g/mol. The molecule has 0 saturated carbocycles. The first kappa shape index (κ1) is 11.0. The Kier molecular flexibility index (Phi) is 3.89. The molecule has 1 N–H and O–H groups in total. The number of carbonyl (C=O) groups excluding carboxylic acids is 1. The monoisotopic (exact) mass is 212 g/mol. The summed E-state index contributed by atoms with van der Waals surface area (Å²) in [7, 11) is 0. The quantitative estimate of drug-likeness (QED) is 0.776. The first-order valence-electron chi connectivity index (χ1n) is 4.43. The van der Waals surface area contributed by atoms with Crippen LogP contribution < -0.4 is 5.32 Å². The predicted octanol–water partition coefficient (Wildman–Crippen LogP) is 1.75. The van der Waals surface area contributed by atoms with Gasteiger partial charge in [0, 0.05) is 18.1 Å². The lowest BCUT2D eigenvalue weighted by Crippen LogP contribution is -2.34. The van der Waals surface area contributed by atoms with Crippen LogP contribution in [0.2, 0.25) is 0 Å². The number of aryl methyl sites for hydroxylation is 1. The Morgan fingerprint density at radius 1 is 1.71 bits per heavy atom. The molecule has 14 heavy (non-hydrogen) atoms. The van der Waals surface area contributed by atoms with E-state index in [1.807, 2.05) is 19.9 Å². The van der Waals surface area contributed by atoms with Crippen molar-refractivity contribution in [2.45, 2.75) is 19.9 Å². The molecule has 1 amide bonds. The van der Waals surface area contributed by atoms with E-state index in [-0.39, 0.29) is 11.9 Å². The van der Waals surface area contributed by atoms with Crippen molar-refractivity contribution in [2.75, 3.05) is 5.88 Å². The van der Waals surface area contributed by atoms with Crippen LogP contribution in [0.1, 0.15) is 23.0 Å². The van der Waals surface area contributed by atoms with Crippen molar-refractivity contribution in [3.8, 4) is 0 Å². The molecule has 0 aliphatic rings. The van der Waals surface area contributed by atoms with Crippen molar-refractivity contribution in [2.24, 2.45) is 0 Å². The molecule has 1 aromatic rings. The summed E-state index contributed by atoms with van der Waals surface area (Å²) >= 11 is 5.59. The van der Waals surface area contributed by atoms with Crippen LogP contribution in [0, 0.1) is 6.92 Å². The van der Waals surface area contributed by atoms with Gasteiger partial charge in [-0.15, -0.1) is 11.6 Å². The molecule has 0 saturated heterocycles. The van der Waals surface area contributed by atoms with Gasteiger partial charge >= 0.3 is 0 Å². The van der Waals surface area contributed by atoms with Gasteiger partial charge in [0.25, 0.3) is 5.91 Å². The van der Waals surface area contributed by atoms with Gasteiger partial charge in [0.15, 0.2) is 0 Å². The summed E-state index contributed by atoms with van der Waals surface area (Å²) < 4.78 is 0. The van der Waals surface area contributed by atoms with E-state index < -0.39 is 0 Å². The number of alkyl halides is 1. The SMILES string of the molecule is Cc1cccnc1C(=O)NC(C)CCl. The van der Waals surface area contributed by atoms with Crippen LogP contribution in [0.25, 0.3) is 0 Å². The van der Waals surface area contributed by atoms with Crippen LogP contribution in [-0.4, -0.2) is 22.8 Å². The highest BCUT2D eigenvalue weighted by atomic mass is 35.5. The van der Waals surface area contributed by atoms with Crippen molar-refractivity contribution in [3.05, 3.63) is 29.6 Å². The molecule has 1 atom stereocenters. The van der Waals surface area contributed by atoms with Crippen LogP contribution in [0.5, 0.6) is 0 Å². The zero-order chi connectivity index (χ0) is 10.6. The summed E-state index contributed by atoms with van der Waals surface area (Å²) in [6, 6.07) is 3.62. The van der Waals surface area contributed by atoms with Crippen molar-refractivity contribution in [3.63, 3.8) is 0 Å². The first-order valence-corrected chi connectivity index (χ1v) is 4.97. The van der Waals surface area contributed by atoms with E-state index in [0.29, 0.717) is 11.6 Å². The highest BCUT2D eigenvalue weighted by Gasteiger charge is 2.11. The molecule has 1 aromatic heterocycles. The first-order chi connectivity index (χ1) is 6.65. The summed E-state index contributed by atoms with van der Waals surface area (Å²) in [5.74, 6) is 0.230. The van der Waals surface area contributed by atoms with Gasteiger partial charge in [0.2, 0.25) is 0 Å². The highest BCUT2D eigenvalue weighted by Crippen LogP contribution is 2.03. The van der Waals surface area contributed by atoms with Crippen LogP contribution in [-0.2, 0) is 0 Å². The molecule has 1 unspecified atom stereocenters. The van der Waals surface area contributed by atoms with E-state index in [9.17, 15) is 4.79 Å². The van der Waals surface area contributed by atoms with Crippen LogP contribution in [0.15, 0.2) is 18.3 Å². The van der Waals surface area contributed by atoms with Gasteiger partial charge < -0.3 is 5.32 Å². The Bertz CT molecular complexity index is 328. The highest BCUT2D eigenvalue weighted by molar-refractivity contribution is 6.18. The van der Waals surface area contributed by atoms with E-state index in [4.69, 9.17) is 11.6 Å². The molecule has 76 valence electrons. The number of aromatic nitrogens is 1. The topological polar surface area (TPSA) is 42.0 Å². The summed E-state index contributed by atoms with van der Waals surface area (Å²) in [5, 5.41) is 2.75. The fourth-order valence-electron chi connectivity index (χ4n) is 1.05. The maximum Gasteiger partial charge on any atom is 0.270 e. The predicted molar refractivity (Wildman–Crippen MR) is 56.6 cm³/mol. The van der Waals surface area contributed by atoms with Gasteiger partial charge in [-0.2, -0.15) is 0 Å². The molecule has 0 aromatic carbocycles. The Morgan fingerprint density at radius 2 is 2.43 bits per heavy atom. The largest absolute Gasteiger partial charge is 0.347 e. The number of nitrogens with zero attached hydrogens (tertiary/aromatic N) is 1. The van der Waals surface area contributed by atoms with Gasteiger partial charge in [-0.05, 0) is 25.5 Å². The average Bonchev–Trinajstić information content (AvgIpc) is 2.18. The van der Waals surface area contributed by atoms with E-state index >= 15 is 0 Å². The summed E-state index contributed by atoms with van der Waals surface area (Å²) in [6.45, 7) is 3.70. The number of carbonyl (C=O) groups is 1. The second-order valence-corrected chi connectivity index (χ2v) is 3.51. The lowest BCUT2D eigenvalue weighted by molar-refractivity contribution is 0.0938. The Morgan fingerprint density at radius 3 is 3.00 bits per heavy atom. The normalized spacial score (nSPS) is 12.2. The number of nitrogens with one attached hydrogen (secondary N) is 1. The number of pyridine rings is 1.